The Kier molecular flexibility index (Phi) is 5.25. The van der Waals surface area contributed by atoms with Crippen molar-refractivity contribution in [3.8, 4) is 10.6 Å². The average molecular weight is 460 g/mol. The van der Waals surface area contributed by atoms with Crippen LogP contribution in [0.2, 0.25) is 5.02 Å². The summed E-state index contributed by atoms with van der Waals surface area (Å²) in [5, 5.41) is 4.83. The van der Waals surface area contributed by atoms with Crippen molar-refractivity contribution in [3.63, 3.8) is 0 Å². The van der Waals surface area contributed by atoms with Gasteiger partial charge in [0.15, 0.2) is 5.43 Å². The standard InChI is InChI=1S/C25H18ClN3O2S/c1-15-2-8-20-23(12-15)32-25(28-20)16-3-6-18(7-4-16)27-24(31)14-29-11-10-22(30)19-13-17(26)5-9-21(19)29/h2-13H,14H2,1H3,(H,27,31). The van der Waals surface area contributed by atoms with Gasteiger partial charge < -0.3 is 9.88 Å². The number of nitrogens with one attached hydrogen (secondary N) is 1. The lowest BCUT2D eigenvalue weighted by Crippen LogP contribution is -2.20. The number of anilines is 1. The molecule has 5 aromatic rings. The molecule has 0 aliphatic carbocycles. The molecular formula is C25H18ClN3O2S. The number of thiazole rings is 1. The van der Waals surface area contributed by atoms with Crippen molar-refractivity contribution in [1.29, 1.82) is 0 Å². The minimum Gasteiger partial charge on any atom is -0.338 e. The van der Waals surface area contributed by atoms with Crippen LogP contribution in [0.1, 0.15) is 5.56 Å². The molecule has 5 nitrogen and oxygen atoms in total. The number of fused-ring (bicyclic) bond motifs is 2. The molecule has 0 aliphatic rings. The Morgan fingerprint density at radius 1 is 1.06 bits per heavy atom. The summed E-state index contributed by atoms with van der Waals surface area (Å²) in [4.78, 5) is 29.4. The molecule has 7 heteroatoms. The van der Waals surface area contributed by atoms with E-state index >= 15 is 0 Å². The van der Waals surface area contributed by atoms with Gasteiger partial charge in [-0.05, 0) is 67.1 Å². The van der Waals surface area contributed by atoms with Crippen LogP contribution in [0.15, 0.2) is 77.7 Å². The maximum Gasteiger partial charge on any atom is 0.244 e. The molecule has 0 atom stereocenters. The van der Waals surface area contributed by atoms with E-state index in [1.807, 2.05) is 30.3 Å². The predicted octanol–water partition coefficient (Wildman–Crippen LogP) is 5.88. The molecule has 0 fully saturated rings. The molecule has 0 saturated carbocycles. The zero-order valence-electron chi connectivity index (χ0n) is 17.1. The summed E-state index contributed by atoms with van der Waals surface area (Å²) >= 11 is 7.66. The van der Waals surface area contributed by atoms with E-state index in [4.69, 9.17) is 16.6 Å². The van der Waals surface area contributed by atoms with E-state index in [2.05, 4.69) is 24.4 Å². The Morgan fingerprint density at radius 3 is 2.69 bits per heavy atom. The van der Waals surface area contributed by atoms with Crippen molar-refractivity contribution < 1.29 is 4.79 Å². The fourth-order valence-electron chi connectivity index (χ4n) is 3.63. The van der Waals surface area contributed by atoms with Crippen LogP contribution in [0.25, 0.3) is 31.7 Å². The summed E-state index contributed by atoms with van der Waals surface area (Å²) in [6.07, 6.45) is 1.62. The molecule has 0 saturated heterocycles. The van der Waals surface area contributed by atoms with E-state index in [1.54, 1.807) is 40.3 Å². The Morgan fingerprint density at radius 2 is 1.88 bits per heavy atom. The second-order valence-electron chi connectivity index (χ2n) is 7.59. The number of rotatable bonds is 4. The first kappa shape index (κ1) is 20.4. The molecule has 1 N–H and O–H groups in total. The Balaban J connectivity index is 1.33. The molecule has 32 heavy (non-hydrogen) atoms. The highest BCUT2D eigenvalue weighted by atomic mass is 35.5. The number of pyridine rings is 1. The maximum atomic E-state index is 12.6. The lowest BCUT2D eigenvalue weighted by Gasteiger charge is -2.11. The van der Waals surface area contributed by atoms with Gasteiger partial charge in [-0.2, -0.15) is 0 Å². The largest absolute Gasteiger partial charge is 0.338 e. The molecule has 0 unspecified atom stereocenters. The quantitative estimate of drug-likeness (QED) is 0.365. The zero-order valence-corrected chi connectivity index (χ0v) is 18.7. The lowest BCUT2D eigenvalue weighted by molar-refractivity contribution is -0.116. The van der Waals surface area contributed by atoms with Gasteiger partial charge in [0, 0.05) is 33.9 Å². The summed E-state index contributed by atoms with van der Waals surface area (Å²) in [6, 6.07) is 20.4. The van der Waals surface area contributed by atoms with Crippen molar-refractivity contribution in [2.24, 2.45) is 0 Å². The number of benzene rings is 3. The second-order valence-corrected chi connectivity index (χ2v) is 9.05. The minimum atomic E-state index is -0.187. The number of carbonyl (C=O) groups is 1. The maximum absolute atomic E-state index is 12.6. The Hall–Kier alpha value is -3.48. The van der Waals surface area contributed by atoms with Gasteiger partial charge >= 0.3 is 0 Å². The first-order valence-corrected chi connectivity index (χ1v) is 11.2. The number of aromatic nitrogens is 2. The Bertz CT molecular complexity index is 1540. The fourth-order valence-corrected chi connectivity index (χ4v) is 4.87. The molecule has 0 bridgehead atoms. The molecule has 1 amide bonds. The monoisotopic (exact) mass is 459 g/mol. The van der Waals surface area contributed by atoms with Crippen LogP contribution in [0.5, 0.6) is 0 Å². The molecule has 3 aromatic carbocycles. The average Bonchev–Trinajstić information content (AvgIpc) is 3.19. The first-order chi connectivity index (χ1) is 15.5. The van der Waals surface area contributed by atoms with Crippen LogP contribution in [-0.4, -0.2) is 15.5 Å². The third-order valence-corrected chi connectivity index (χ3v) is 6.52. The summed E-state index contributed by atoms with van der Waals surface area (Å²) in [5.74, 6) is -0.187. The SMILES string of the molecule is Cc1ccc2nc(-c3ccc(NC(=O)Cn4ccc(=O)c5cc(Cl)ccc54)cc3)sc2c1. The molecule has 5 rings (SSSR count). The van der Waals surface area contributed by atoms with Gasteiger partial charge in [0.1, 0.15) is 11.6 Å². The van der Waals surface area contributed by atoms with Crippen LogP contribution >= 0.6 is 22.9 Å². The van der Waals surface area contributed by atoms with Gasteiger partial charge in [-0.3, -0.25) is 9.59 Å². The molecule has 0 spiro atoms. The molecule has 158 valence electrons. The fraction of sp³-hybridized carbons (Fsp3) is 0.0800. The van der Waals surface area contributed by atoms with E-state index in [-0.39, 0.29) is 17.9 Å². The molecular weight excluding hydrogens is 442 g/mol. The van der Waals surface area contributed by atoms with Crippen molar-refractivity contribution in [3.05, 3.63) is 93.7 Å². The third-order valence-electron chi connectivity index (χ3n) is 5.21. The van der Waals surface area contributed by atoms with E-state index in [0.29, 0.717) is 21.6 Å². The lowest BCUT2D eigenvalue weighted by atomic mass is 10.2. The molecule has 2 heterocycles. The molecule has 0 aliphatic heterocycles. The Labute approximate surface area is 192 Å². The van der Waals surface area contributed by atoms with E-state index in [0.717, 1.165) is 20.8 Å². The number of aryl methyl sites for hydroxylation is 1. The highest BCUT2D eigenvalue weighted by Gasteiger charge is 2.10. The van der Waals surface area contributed by atoms with E-state index in [9.17, 15) is 9.59 Å². The highest BCUT2D eigenvalue weighted by molar-refractivity contribution is 7.21. The van der Waals surface area contributed by atoms with Crippen LogP contribution in [-0.2, 0) is 11.3 Å². The van der Waals surface area contributed by atoms with Gasteiger partial charge in [-0.15, -0.1) is 11.3 Å². The summed E-state index contributed by atoms with van der Waals surface area (Å²) in [7, 11) is 0. The van der Waals surface area contributed by atoms with Gasteiger partial charge in [0.2, 0.25) is 5.91 Å². The normalized spacial score (nSPS) is 11.2. The van der Waals surface area contributed by atoms with Crippen molar-refractivity contribution >= 4 is 55.7 Å². The first-order valence-electron chi connectivity index (χ1n) is 10.0. The number of amides is 1. The number of hydrogen-bond donors (Lipinski definition) is 1. The predicted molar refractivity (Wildman–Crippen MR) is 132 cm³/mol. The van der Waals surface area contributed by atoms with Crippen molar-refractivity contribution in [2.45, 2.75) is 13.5 Å². The third kappa shape index (κ3) is 4.02. The van der Waals surface area contributed by atoms with Crippen LogP contribution in [0.3, 0.4) is 0 Å². The summed E-state index contributed by atoms with van der Waals surface area (Å²) in [5.41, 5.74) is 4.44. The highest BCUT2D eigenvalue weighted by Crippen LogP contribution is 2.31. The van der Waals surface area contributed by atoms with Gasteiger partial charge in [0.05, 0.1) is 15.7 Å². The second kappa shape index (κ2) is 8.22. The number of hydrogen-bond acceptors (Lipinski definition) is 4. The van der Waals surface area contributed by atoms with Gasteiger partial charge in [-0.1, -0.05) is 17.7 Å². The van der Waals surface area contributed by atoms with Gasteiger partial charge in [-0.25, -0.2) is 4.98 Å². The number of carbonyl (C=O) groups excluding carboxylic acids is 1. The zero-order chi connectivity index (χ0) is 22.2. The minimum absolute atomic E-state index is 0.0807. The molecule has 2 aromatic heterocycles. The van der Waals surface area contributed by atoms with Crippen LogP contribution < -0.4 is 10.7 Å². The van der Waals surface area contributed by atoms with Crippen LogP contribution in [0.4, 0.5) is 5.69 Å². The number of halogens is 1. The molecule has 0 radical (unpaired) electrons. The van der Waals surface area contributed by atoms with E-state index in [1.165, 1.54) is 11.6 Å². The van der Waals surface area contributed by atoms with Crippen molar-refractivity contribution in [1.82, 2.24) is 9.55 Å². The summed E-state index contributed by atoms with van der Waals surface area (Å²) in [6.45, 7) is 2.15. The van der Waals surface area contributed by atoms with Crippen molar-refractivity contribution in [2.75, 3.05) is 5.32 Å². The van der Waals surface area contributed by atoms with Crippen LogP contribution in [0, 0.1) is 6.92 Å². The van der Waals surface area contributed by atoms with Gasteiger partial charge in [0.25, 0.3) is 0 Å². The topological polar surface area (TPSA) is 64.0 Å². The summed E-state index contributed by atoms with van der Waals surface area (Å²) < 4.78 is 2.90. The van der Waals surface area contributed by atoms with E-state index < -0.39 is 0 Å². The smallest absolute Gasteiger partial charge is 0.244 e. The number of nitrogens with zero attached hydrogens (tertiary/aromatic N) is 2.